The van der Waals surface area contributed by atoms with Crippen LogP contribution in [-0.4, -0.2) is 12.1 Å². The first-order valence-corrected chi connectivity index (χ1v) is 6.52. The molecule has 0 saturated carbocycles. The second-order valence-corrected chi connectivity index (χ2v) is 4.85. The third kappa shape index (κ3) is 3.32. The number of ether oxygens (including phenoxy) is 1. The van der Waals surface area contributed by atoms with E-state index in [-0.39, 0.29) is 18.0 Å². The molecule has 2 heteroatoms. The van der Waals surface area contributed by atoms with Gasteiger partial charge < -0.3 is 4.74 Å². The smallest absolute Gasteiger partial charge is 0.312 e. The lowest BCUT2D eigenvalue weighted by atomic mass is 9.94. The summed E-state index contributed by atoms with van der Waals surface area (Å²) >= 11 is 0. The summed E-state index contributed by atoms with van der Waals surface area (Å²) in [5.41, 5.74) is 1.41. The van der Waals surface area contributed by atoms with Gasteiger partial charge in [0.2, 0.25) is 0 Å². The normalized spacial score (nSPS) is 23.0. The van der Waals surface area contributed by atoms with E-state index in [9.17, 15) is 4.79 Å². The molecule has 0 aliphatic carbocycles. The first-order valence-electron chi connectivity index (χ1n) is 6.52. The van der Waals surface area contributed by atoms with Crippen molar-refractivity contribution in [2.45, 2.75) is 45.1 Å². The van der Waals surface area contributed by atoms with Crippen molar-refractivity contribution in [1.29, 1.82) is 0 Å². The van der Waals surface area contributed by atoms with Crippen LogP contribution >= 0.6 is 0 Å². The van der Waals surface area contributed by atoms with Gasteiger partial charge in [0, 0.05) is 0 Å². The Bertz CT molecular complexity index is 358. The SMILES string of the molecule is CC1C(=O)OC1CCCCCc1ccccc1. The minimum Gasteiger partial charge on any atom is -0.461 e. The molecule has 1 aliphatic rings. The van der Waals surface area contributed by atoms with Gasteiger partial charge in [0.25, 0.3) is 0 Å². The summed E-state index contributed by atoms with van der Waals surface area (Å²) < 4.78 is 5.08. The Labute approximate surface area is 103 Å². The van der Waals surface area contributed by atoms with E-state index in [4.69, 9.17) is 4.74 Å². The summed E-state index contributed by atoms with van der Waals surface area (Å²) in [5, 5.41) is 0. The van der Waals surface area contributed by atoms with Crippen LogP contribution in [0.15, 0.2) is 30.3 Å². The molecule has 0 amide bonds. The van der Waals surface area contributed by atoms with E-state index < -0.39 is 0 Å². The number of hydrogen-bond donors (Lipinski definition) is 0. The molecule has 0 spiro atoms. The third-order valence-corrected chi connectivity index (χ3v) is 3.49. The molecule has 0 N–H and O–H groups in total. The first-order chi connectivity index (χ1) is 8.27. The van der Waals surface area contributed by atoms with Crippen molar-refractivity contribution in [1.82, 2.24) is 0 Å². The van der Waals surface area contributed by atoms with Gasteiger partial charge in [-0.3, -0.25) is 4.79 Å². The Hall–Kier alpha value is -1.31. The van der Waals surface area contributed by atoms with Crippen molar-refractivity contribution in [2.24, 2.45) is 5.92 Å². The Balaban J connectivity index is 1.54. The van der Waals surface area contributed by atoms with Crippen LogP contribution < -0.4 is 0 Å². The molecule has 1 heterocycles. The molecule has 0 bridgehead atoms. The number of cyclic esters (lactones) is 1. The number of carbonyl (C=O) groups excluding carboxylic acids is 1. The van der Waals surface area contributed by atoms with Gasteiger partial charge in [-0.1, -0.05) is 36.8 Å². The predicted molar refractivity (Wildman–Crippen MR) is 67.7 cm³/mol. The van der Waals surface area contributed by atoms with E-state index in [0.29, 0.717) is 0 Å². The lowest BCUT2D eigenvalue weighted by Crippen LogP contribution is -2.42. The van der Waals surface area contributed by atoms with Crippen LogP contribution in [0.4, 0.5) is 0 Å². The molecule has 2 nitrogen and oxygen atoms in total. The van der Waals surface area contributed by atoms with Crippen molar-refractivity contribution in [3.05, 3.63) is 35.9 Å². The van der Waals surface area contributed by atoms with Crippen LogP contribution in [0.5, 0.6) is 0 Å². The highest BCUT2D eigenvalue weighted by atomic mass is 16.6. The van der Waals surface area contributed by atoms with Crippen LogP contribution in [0.25, 0.3) is 0 Å². The van der Waals surface area contributed by atoms with E-state index >= 15 is 0 Å². The molecule has 0 aromatic heterocycles. The zero-order chi connectivity index (χ0) is 12.1. The van der Waals surface area contributed by atoms with Gasteiger partial charge in [0.05, 0.1) is 5.92 Å². The summed E-state index contributed by atoms with van der Waals surface area (Å²) in [5.74, 6) is 0.100. The summed E-state index contributed by atoms with van der Waals surface area (Å²) in [6, 6.07) is 10.6. The van der Waals surface area contributed by atoms with Gasteiger partial charge in [-0.15, -0.1) is 0 Å². The van der Waals surface area contributed by atoms with E-state index in [1.54, 1.807) is 0 Å². The Kier molecular flexibility index (Phi) is 4.18. The number of esters is 1. The summed E-state index contributed by atoms with van der Waals surface area (Å²) in [4.78, 5) is 10.9. The van der Waals surface area contributed by atoms with Crippen LogP contribution in [0.3, 0.4) is 0 Å². The van der Waals surface area contributed by atoms with Crippen molar-refractivity contribution >= 4 is 5.97 Å². The fraction of sp³-hybridized carbons (Fsp3) is 0.533. The molecule has 1 aromatic rings. The van der Waals surface area contributed by atoms with Gasteiger partial charge >= 0.3 is 5.97 Å². The fourth-order valence-corrected chi connectivity index (χ4v) is 2.24. The first kappa shape index (κ1) is 12.2. The van der Waals surface area contributed by atoms with Crippen LogP contribution in [0.2, 0.25) is 0 Å². The maximum atomic E-state index is 10.9. The zero-order valence-corrected chi connectivity index (χ0v) is 10.4. The summed E-state index contributed by atoms with van der Waals surface area (Å²) in [7, 11) is 0. The topological polar surface area (TPSA) is 26.3 Å². The standard InChI is InChI=1S/C15H20O2/c1-12-14(17-15(12)16)11-7-3-6-10-13-8-4-2-5-9-13/h2,4-5,8-9,12,14H,3,6-7,10-11H2,1H3. The lowest BCUT2D eigenvalue weighted by Gasteiger charge is -2.32. The Morgan fingerprint density at radius 1 is 1.12 bits per heavy atom. The molecule has 2 unspecified atom stereocenters. The molecular formula is C15H20O2. The largest absolute Gasteiger partial charge is 0.461 e. The molecule has 17 heavy (non-hydrogen) atoms. The third-order valence-electron chi connectivity index (χ3n) is 3.49. The molecule has 2 rings (SSSR count). The lowest BCUT2D eigenvalue weighted by molar-refractivity contribution is -0.183. The Morgan fingerprint density at radius 3 is 2.53 bits per heavy atom. The second kappa shape index (κ2) is 5.85. The van der Waals surface area contributed by atoms with Gasteiger partial charge in [-0.05, 0) is 38.2 Å². The molecular weight excluding hydrogens is 212 g/mol. The number of carbonyl (C=O) groups is 1. The number of hydrogen-bond acceptors (Lipinski definition) is 2. The van der Waals surface area contributed by atoms with Gasteiger partial charge in [-0.2, -0.15) is 0 Å². The molecule has 0 radical (unpaired) electrons. The van der Waals surface area contributed by atoms with Crippen molar-refractivity contribution in [3.8, 4) is 0 Å². The van der Waals surface area contributed by atoms with Crippen LogP contribution in [-0.2, 0) is 16.0 Å². The average molecular weight is 232 g/mol. The summed E-state index contributed by atoms with van der Waals surface area (Å²) in [6.45, 7) is 1.96. The quantitative estimate of drug-likeness (QED) is 0.555. The van der Waals surface area contributed by atoms with Crippen LogP contribution in [0.1, 0.15) is 38.2 Å². The van der Waals surface area contributed by atoms with Crippen molar-refractivity contribution < 1.29 is 9.53 Å². The summed E-state index contributed by atoms with van der Waals surface area (Å²) in [6.07, 6.45) is 5.98. The van der Waals surface area contributed by atoms with Gasteiger partial charge in [0.1, 0.15) is 6.10 Å². The van der Waals surface area contributed by atoms with Gasteiger partial charge in [0.15, 0.2) is 0 Å². The van der Waals surface area contributed by atoms with Crippen LogP contribution in [0, 0.1) is 5.92 Å². The van der Waals surface area contributed by atoms with E-state index in [1.807, 2.05) is 6.92 Å². The Morgan fingerprint density at radius 2 is 1.88 bits per heavy atom. The molecule has 1 saturated heterocycles. The minimum absolute atomic E-state index is 0.0284. The fourth-order valence-electron chi connectivity index (χ4n) is 2.24. The van der Waals surface area contributed by atoms with E-state index in [2.05, 4.69) is 30.3 Å². The second-order valence-electron chi connectivity index (χ2n) is 4.85. The predicted octanol–water partition coefficient (Wildman–Crippen LogP) is 3.35. The monoisotopic (exact) mass is 232 g/mol. The van der Waals surface area contributed by atoms with E-state index in [1.165, 1.54) is 18.4 Å². The zero-order valence-electron chi connectivity index (χ0n) is 10.4. The molecule has 1 aromatic carbocycles. The number of rotatable bonds is 6. The highest BCUT2D eigenvalue weighted by molar-refractivity contribution is 5.77. The number of unbranched alkanes of at least 4 members (excludes halogenated alkanes) is 2. The highest BCUT2D eigenvalue weighted by Gasteiger charge is 2.37. The molecule has 92 valence electrons. The van der Waals surface area contributed by atoms with Crippen molar-refractivity contribution in [3.63, 3.8) is 0 Å². The number of aryl methyl sites for hydroxylation is 1. The molecule has 1 fully saturated rings. The average Bonchev–Trinajstić information content (AvgIpc) is 2.38. The maximum absolute atomic E-state index is 10.9. The maximum Gasteiger partial charge on any atom is 0.312 e. The molecule has 1 aliphatic heterocycles. The number of benzene rings is 1. The minimum atomic E-state index is -0.0284. The van der Waals surface area contributed by atoms with Crippen molar-refractivity contribution in [2.75, 3.05) is 0 Å². The highest BCUT2D eigenvalue weighted by Crippen LogP contribution is 2.26. The van der Waals surface area contributed by atoms with E-state index in [0.717, 1.165) is 19.3 Å². The van der Waals surface area contributed by atoms with Gasteiger partial charge in [-0.25, -0.2) is 0 Å². The molecule has 2 atom stereocenters.